The number of carbonyl (C=O) groups excluding carboxylic acids is 1. The van der Waals surface area contributed by atoms with E-state index in [1.807, 2.05) is 0 Å². The Hall–Kier alpha value is -0.610. The molecule has 1 N–H and O–H groups in total. The average molecular weight is 228 g/mol. The van der Waals surface area contributed by atoms with Gasteiger partial charge in [-0.2, -0.15) is 0 Å². The van der Waals surface area contributed by atoms with Crippen LogP contribution in [0.5, 0.6) is 0 Å². The van der Waals surface area contributed by atoms with Crippen LogP contribution in [0, 0.1) is 11.3 Å². The van der Waals surface area contributed by atoms with Crippen LogP contribution in [0.25, 0.3) is 0 Å². The molecule has 0 aromatic rings. The molecule has 0 amide bonds. The van der Waals surface area contributed by atoms with Gasteiger partial charge in [0.1, 0.15) is 0 Å². The van der Waals surface area contributed by atoms with Gasteiger partial charge in [-0.1, -0.05) is 13.8 Å². The maximum atomic E-state index is 11.0. The lowest BCUT2D eigenvalue weighted by Crippen LogP contribution is -2.39. The van der Waals surface area contributed by atoms with Crippen molar-refractivity contribution in [2.75, 3.05) is 40.3 Å². The zero-order valence-electron chi connectivity index (χ0n) is 10.9. The van der Waals surface area contributed by atoms with E-state index in [1.54, 1.807) is 0 Å². The second-order valence-electron chi connectivity index (χ2n) is 5.42. The highest BCUT2D eigenvalue weighted by atomic mass is 16.5. The van der Waals surface area contributed by atoms with Crippen molar-refractivity contribution < 1.29 is 9.53 Å². The van der Waals surface area contributed by atoms with Gasteiger partial charge in [-0.15, -0.1) is 0 Å². The highest BCUT2D eigenvalue weighted by molar-refractivity contribution is 5.71. The van der Waals surface area contributed by atoms with Gasteiger partial charge < -0.3 is 15.0 Å². The number of nitrogens with one attached hydrogen (secondary N) is 1. The van der Waals surface area contributed by atoms with E-state index in [0.29, 0.717) is 12.5 Å². The van der Waals surface area contributed by atoms with Crippen LogP contribution in [0.4, 0.5) is 0 Å². The number of hydrogen-bond acceptors (Lipinski definition) is 4. The quantitative estimate of drug-likeness (QED) is 0.704. The van der Waals surface area contributed by atoms with Crippen LogP contribution < -0.4 is 5.32 Å². The highest BCUT2D eigenvalue weighted by Gasteiger charge is 2.33. The lowest BCUT2D eigenvalue weighted by molar-refractivity contribution is -0.139. The zero-order chi connectivity index (χ0) is 12.2. The molecule has 0 radical (unpaired) electrons. The van der Waals surface area contributed by atoms with Gasteiger partial charge in [0, 0.05) is 13.1 Å². The normalized spacial score (nSPS) is 22.4. The van der Waals surface area contributed by atoms with Crippen LogP contribution in [0.1, 0.15) is 20.3 Å². The Morgan fingerprint density at radius 1 is 1.56 bits per heavy atom. The van der Waals surface area contributed by atoms with Crippen LogP contribution in [-0.2, 0) is 9.53 Å². The molecule has 4 nitrogen and oxygen atoms in total. The molecule has 1 saturated heterocycles. The maximum absolute atomic E-state index is 11.0. The third kappa shape index (κ3) is 3.76. The second-order valence-corrected chi connectivity index (χ2v) is 5.42. The molecule has 1 aliphatic heterocycles. The molecule has 1 aliphatic rings. The number of methoxy groups -OCH3 is 1. The number of esters is 1. The van der Waals surface area contributed by atoms with E-state index in [2.05, 4.69) is 35.8 Å². The molecule has 1 unspecified atom stereocenters. The van der Waals surface area contributed by atoms with Gasteiger partial charge in [-0.3, -0.25) is 4.79 Å². The fraction of sp³-hybridized carbons (Fsp3) is 0.917. The van der Waals surface area contributed by atoms with E-state index in [1.165, 1.54) is 20.1 Å². The predicted octanol–water partition coefficient (Wildman–Crippen LogP) is 0.727. The maximum Gasteiger partial charge on any atom is 0.319 e. The first-order valence-corrected chi connectivity index (χ1v) is 5.92. The van der Waals surface area contributed by atoms with Crippen LogP contribution in [0.15, 0.2) is 0 Å². The van der Waals surface area contributed by atoms with Crippen molar-refractivity contribution in [2.24, 2.45) is 11.3 Å². The van der Waals surface area contributed by atoms with E-state index < -0.39 is 0 Å². The Balaban J connectivity index is 2.31. The highest BCUT2D eigenvalue weighted by Crippen LogP contribution is 2.32. The fourth-order valence-electron chi connectivity index (χ4n) is 2.28. The standard InChI is InChI=1S/C12H24N2O2/c1-12(2,9-13-7-11(15)16-4)10-5-6-14(3)8-10/h10,13H,5-9H2,1-4H3. The molecule has 16 heavy (non-hydrogen) atoms. The summed E-state index contributed by atoms with van der Waals surface area (Å²) < 4.78 is 4.60. The summed E-state index contributed by atoms with van der Waals surface area (Å²) >= 11 is 0. The first-order chi connectivity index (χ1) is 7.45. The number of nitrogens with zero attached hydrogens (tertiary/aromatic N) is 1. The number of hydrogen-bond donors (Lipinski definition) is 1. The van der Waals surface area contributed by atoms with Gasteiger partial charge in [0.15, 0.2) is 0 Å². The monoisotopic (exact) mass is 228 g/mol. The van der Waals surface area contributed by atoms with Crippen molar-refractivity contribution in [2.45, 2.75) is 20.3 Å². The van der Waals surface area contributed by atoms with Gasteiger partial charge in [0.25, 0.3) is 0 Å². The molecule has 0 spiro atoms. The lowest BCUT2D eigenvalue weighted by Gasteiger charge is -2.31. The minimum Gasteiger partial charge on any atom is -0.468 e. The van der Waals surface area contributed by atoms with Crippen molar-refractivity contribution >= 4 is 5.97 Å². The summed E-state index contributed by atoms with van der Waals surface area (Å²) in [7, 11) is 3.58. The molecule has 4 heteroatoms. The molecule has 0 saturated carbocycles. The summed E-state index contributed by atoms with van der Waals surface area (Å²) in [5.74, 6) is 0.516. The van der Waals surface area contributed by atoms with E-state index >= 15 is 0 Å². The van der Waals surface area contributed by atoms with E-state index in [4.69, 9.17) is 0 Å². The second kappa shape index (κ2) is 5.64. The van der Waals surface area contributed by atoms with Crippen LogP contribution in [0.2, 0.25) is 0 Å². The van der Waals surface area contributed by atoms with Crippen molar-refractivity contribution in [3.63, 3.8) is 0 Å². The third-order valence-electron chi connectivity index (χ3n) is 3.57. The van der Waals surface area contributed by atoms with Crippen LogP contribution in [0.3, 0.4) is 0 Å². The van der Waals surface area contributed by atoms with Gasteiger partial charge in [-0.25, -0.2) is 0 Å². The summed E-state index contributed by atoms with van der Waals surface area (Å²) in [6.07, 6.45) is 1.25. The Kier molecular flexibility index (Phi) is 4.74. The number of ether oxygens (including phenoxy) is 1. The fourth-order valence-corrected chi connectivity index (χ4v) is 2.28. The Morgan fingerprint density at radius 3 is 2.75 bits per heavy atom. The summed E-state index contributed by atoms with van der Waals surface area (Å²) in [6, 6.07) is 0. The molecule has 1 rings (SSSR count). The molecule has 1 atom stereocenters. The Morgan fingerprint density at radius 2 is 2.25 bits per heavy atom. The van der Waals surface area contributed by atoms with E-state index in [-0.39, 0.29) is 11.4 Å². The molecule has 1 fully saturated rings. The number of likely N-dealkylation sites (tertiary alicyclic amines) is 1. The van der Waals surface area contributed by atoms with Crippen LogP contribution in [-0.4, -0.2) is 51.2 Å². The topological polar surface area (TPSA) is 41.6 Å². The van der Waals surface area contributed by atoms with E-state index in [0.717, 1.165) is 13.1 Å². The Labute approximate surface area is 98.3 Å². The largest absolute Gasteiger partial charge is 0.468 e. The number of rotatable bonds is 5. The Bertz CT molecular complexity index is 241. The van der Waals surface area contributed by atoms with Crippen molar-refractivity contribution in [3.8, 4) is 0 Å². The summed E-state index contributed by atoms with van der Waals surface area (Å²) in [5.41, 5.74) is 0.235. The van der Waals surface area contributed by atoms with Crippen molar-refractivity contribution in [1.82, 2.24) is 10.2 Å². The molecule has 94 valence electrons. The molecule has 0 aliphatic carbocycles. The minimum atomic E-state index is -0.195. The van der Waals surface area contributed by atoms with Gasteiger partial charge in [0.05, 0.1) is 13.7 Å². The van der Waals surface area contributed by atoms with Crippen molar-refractivity contribution in [3.05, 3.63) is 0 Å². The molecule has 0 bridgehead atoms. The minimum absolute atomic E-state index is 0.195. The first-order valence-electron chi connectivity index (χ1n) is 5.92. The SMILES string of the molecule is COC(=O)CNCC(C)(C)C1CCN(C)C1. The van der Waals surface area contributed by atoms with Gasteiger partial charge in [0.2, 0.25) is 0 Å². The summed E-state index contributed by atoms with van der Waals surface area (Å²) in [5, 5.41) is 3.18. The first kappa shape index (κ1) is 13.5. The zero-order valence-corrected chi connectivity index (χ0v) is 10.9. The lowest BCUT2D eigenvalue weighted by atomic mass is 9.78. The predicted molar refractivity (Wildman–Crippen MR) is 64.3 cm³/mol. The summed E-state index contributed by atoms with van der Waals surface area (Å²) in [6.45, 7) is 8.04. The van der Waals surface area contributed by atoms with E-state index in [9.17, 15) is 4.79 Å². The van der Waals surface area contributed by atoms with Crippen molar-refractivity contribution in [1.29, 1.82) is 0 Å². The molecule has 0 aromatic heterocycles. The molecular weight excluding hydrogens is 204 g/mol. The third-order valence-corrected chi connectivity index (χ3v) is 3.57. The van der Waals surface area contributed by atoms with Gasteiger partial charge in [-0.05, 0) is 31.3 Å². The number of carbonyl (C=O) groups is 1. The van der Waals surface area contributed by atoms with Crippen LogP contribution >= 0.6 is 0 Å². The smallest absolute Gasteiger partial charge is 0.319 e. The molecular formula is C12H24N2O2. The molecule has 1 heterocycles. The van der Waals surface area contributed by atoms with Gasteiger partial charge >= 0.3 is 5.97 Å². The molecule has 0 aromatic carbocycles. The average Bonchev–Trinajstić information content (AvgIpc) is 2.65. The summed E-state index contributed by atoms with van der Waals surface area (Å²) in [4.78, 5) is 13.3.